The number of hydrogen-bond acceptors (Lipinski definition) is 5. The van der Waals surface area contributed by atoms with E-state index in [9.17, 15) is 4.79 Å². The maximum atomic E-state index is 11.8. The third-order valence-electron chi connectivity index (χ3n) is 3.34. The summed E-state index contributed by atoms with van der Waals surface area (Å²) in [6.07, 6.45) is 4.47. The Bertz CT molecular complexity index is 907. The number of amides is 1. The van der Waals surface area contributed by atoms with Crippen LogP contribution in [0.4, 0.5) is 0 Å². The lowest BCUT2D eigenvalue weighted by molar-refractivity contribution is 0.0954. The van der Waals surface area contributed by atoms with Crippen LogP contribution in [-0.2, 0) is 0 Å². The number of nitrogens with one attached hydrogen (secondary N) is 1. The van der Waals surface area contributed by atoms with Crippen LogP contribution in [0.2, 0.25) is 5.02 Å². The fourth-order valence-corrected chi connectivity index (χ4v) is 2.37. The fraction of sp³-hybridized carbons (Fsp3) is 0.0556. The highest BCUT2D eigenvalue weighted by atomic mass is 35.5. The molecule has 7 heteroatoms. The van der Waals surface area contributed by atoms with Gasteiger partial charge < -0.3 is 9.15 Å². The second kappa shape index (κ2) is 7.63. The van der Waals surface area contributed by atoms with E-state index in [1.807, 2.05) is 6.07 Å². The maximum absolute atomic E-state index is 11.8. The molecule has 1 N–H and O–H groups in total. The Balaban J connectivity index is 1.67. The van der Waals surface area contributed by atoms with Gasteiger partial charge in [-0.15, -0.1) is 0 Å². The van der Waals surface area contributed by atoms with Gasteiger partial charge in [0.2, 0.25) is 0 Å². The Morgan fingerprint density at radius 2 is 2.20 bits per heavy atom. The summed E-state index contributed by atoms with van der Waals surface area (Å²) in [5.74, 6) is 1.37. The average Bonchev–Trinajstić information content (AvgIpc) is 3.11. The van der Waals surface area contributed by atoms with Gasteiger partial charge in [0.1, 0.15) is 17.3 Å². The summed E-state index contributed by atoms with van der Waals surface area (Å²) in [6, 6.07) is 12.2. The van der Waals surface area contributed by atoms with E-state index in [2.05, 4.69) is 15.5 Å². The summed E-state index contributed by atoms with van der Waals surface area (Å²) < 4.78 is 10.8. The van der Waals surface area contributed by atoms with Crippen LogP contribution in [-0.4, -0.2) is 24.2 Å². The van der Waals surface area contributed by atoms with Gasteiger partial charge in [0.15, 0.2) is 0 Å². The van der Waals surface area contributed by atoms with Crippen LogP contribution in [0.1, 0.15) is 16.1 Å². The molecule has 6 nitrogen and oxygen atoms in total. The minimum absolute atomic E-state index is 0.349. The molecule has 0 atom stereocenters. The average molecular weight is 356 g/mol. The molecule has 2 aromatic heterocycles. The summed E-state index contributed by atoms with van der Waals surface area (Å²) in [5, 5.41) is 4.37. The summed E-state index contributed by atoms with van der Waals surface area (Å²) >= 11 is 6.12. The molecule has 126 valence electrons. The number of ether oxygens (including phenoxy) is 1. The first-order valence-corrected chi connectivity index (χ1v) is 7.72. The molecular formula is C18H14ClN3O3. The van der Waals surface area contributed by atoms with Gasteiger partial charge in [0, 0.05) is 18.0 Å². The van der Waals surface area contributed by atoms with Crippen LogP contribution >= 0.6 is 11.6 Å². The number of benzene rings is 1. The van der Waals surface area contributed by atoms with Crippen LogP contribution in [0.15, 0.2) is 64.4 Å². The van der Waals surface area contributed by atoms with Gasteiger partial charge in [-0.25, -0.2) is 5.43 Å². The first-order valence-electron chi connectivity index (χ1n) is 7.34. The van der Waals surface area contributed by atoms with Crippen molar-refractivity contribution >= 4 is 23.7 Å². The summed E-state index contributed by atoms with van der Waals surface area (Å²) in [7, 11) is 1.56. The first kappa shape index (κ1) is 16.7. The molecule has 2 heterocycles. The zero-order chi connectivity index (χ0) is 17.6. The first-order chi connectivity index (χ1) is 12.2. The van der Waals surface area contributed by atoms with Gasteiger partial charge in [0.25, 0.3) is 5.91 Å². The van der Waals surface area contributed by atoms with Gasteiger partial charge in [-0.1, -0.05) is 11.6 Å². The smallest absolute Gasteiger partial charge is 0.272 e. The lowest BCUT2D eigenvalue weighted by Gasteiger charge is -2.04. The van der Waals surface area contributed by atoms with E-state index in [-0.39, 0.29) is 5.91 Å². The Morgan fingerprint density at radius 1 is 1.32 bits per heavy atom. The van der Waals surface area contributed by atoms with Crippen molar-refractivity contribution in [2.45, 2.75) is 0 Å². The lowest BCUT2D eigenvalue weighted by atomic mass is 10.2. The van der Waals surface area contributed by atoms with Crippen molar-refractivity contribution in [2.24, 2.45) is 5.10 Å². The maximum Gasteiger partial charge on any atom is 0.272 e. The summed E-state index contributed by atoms with van der Waals surface area (Å²) in [6.45, 7) is 0. The fourth-order valence-electron chi connectivity index (χ4n) is 2.11. The van der Waals surface area contributed by atoms with Gasteiger partial charge in [-0.05, 0) is 42.5 Å². The quantitative estimate of drug-likeness (QED) is 0.558. The minimum Gasteiger partial charge on any atom is -0.495 e. The second-order valence-electron chi connectivity index (χ2n) is 4.99. The molecule has 0 bridgehead atoms. The molecule has 0 aliphatic carbocycles. The van der Waals surface area contributed by atoms with Crippen LogP contribution in [0.3, 0.4) is 0 Å². The standard InChI is InChI=1S/C18H14ClN3O3/c1-24-17-6-4-12(9-15(17)19)16-7-5-14(25-16)11-21-22-18(23)13-3-2-8-20-10-13/h2-11H,1H3,(H,22,23)/b21-11-. The van der Waals surface area contributed by atoms with Crippen molar-refractivity contribution in [2.75, 3.05) is 7.11 Å². The van der Waals surface area contributed by atoms with Crippen molar-refractivity contribution in [3.8, 4) is 17.1 Å². The van der Waals surface area contributed by atoms with Crippen LogP contribution in [0.25, 0.3) is 11.3 Å². The van der Waals surface area contributed by atoms with Crippen molar-refractivity contribution in [1.82, 2.24) is 10.4 Å². The van der Waals surface area contributed by atoms with E-state index in [4.69, 9.17) is 20.8 Å². The van der Waals surface area contributed by atoms with E-state index in [1.54, 1.807) is 49.7 Å². The summed E-state index contributed by atoms with van der Waals surface area (Å²) in [4.78, 5) is 15.7. The number of carbonyl (C=O) groups excluding carboxylic acids is 1. The van der Waals surface area contributed by atoms with Crippen molar-refractivity contribution in [1.29, 1.82) is 0 Å². The van der Waals surface area contributed by atoms with Crippen LogP contribution in [0.5, 0.6) is 5.75 Å². The summed E-state index contributed by atoms with van der Waals surface area (Å²) in [5.41, 5.74) is 3.65. The molecule has 3 rings (SSSR count). The lowest BCUT2D eigenvalue weighted by Crippen LogP contribution is -2.17. The normalized spacial score (nSPS) is 10.8. The number of hydrogen-bond donors (Lipinski definition) is 1. The largest absolute Gasteiger partial charge is 0.495 e. The van der Waals surface area contributed by atoms with E-state index in [0.29, 0.717) is 27.9 Å². The Morgan fingerprint density at radius 3 is 2.92 bits per heavy atom. The molecule has 1 amide bonds. The number of furan rings is 1. The number of carbonyl (C=O) groups is 1. The van der Waals surface area contributed by atoms with Gasteiger partial charge in [-0.2, -0.15) is 5.10 Å². The number of aromatic nitrogens is 1. The zero-order valence-corrected chi connectivity index (χ0v) is 14.0. The molecule has 0 aliphatic heterocycles. The molecule has 0 spiro atoms. The highest BCUT2D eigenvalue weighted by Crippen LogP contribution is 2.30. The Labute approximate surface area is 149 Å². The molecule has 1 aromatic carbocycles. The van der Waals surface area contributed by atoms with E-state index in [1.165, 1.54) is 12.4 Å². The predicted octanol–water partition coefficient (Wildman–Crippen LogP) is 3.77. The number of pyridine rings is 1. The zero-order valence-electron chi connectivity index (χ0n) is 13.3. The number of hydrazone groups is 1. The third-order valence-corrected chi connectivity index (χ3v) is 3.64. The van der Waals surface area contributed by atoms with Crippen molar-refractivity contribution in [3.05, 3.63) is 71.2 Å². The monoisotopic (exact) mass is 355 g/mol. The Hall–Kier alpha value is -3.12. The van der Waals surface area contributed by atoms with E-state index in [0.717, 1.165) is 5.56 Å². The minimum atomic E-state index is -0.349. The van der Waals surface area contributed by atoms with E-state index < -0.39 is 0 Å². The molecule has 0 radical (unpaired) electrons. The number of rotatable bonds is 5. The predicted molar refractivity (Wildman–Crippen MR) is 95.0 cm³/mol. The highest BCUT2D eigenvalue weighted by Gasteiger charge is 2.08. The van der Waals surface area contributed by atoms with Gasteiger partial charge in [0.05, 0.1) is 23.9 Å². The number of methoxy groups -OCH3 is 1. The molecule has 0 unspecified atom stereocenters. The van der Waals surface area contributed by atoms with Crippen LogP contribution in [0, 0.1) is 0 Å². The molecule has 0 saturated heterocycles. The molecule has 25 heavy (non-hydrogen) atoms. The highest BCUT2D eigenvalue weighted by molar-refractivity contribution is 6.32. The number of halogens is 1. The van der Waals surface area contributed by atoms with Gasteiger partial charge in [-0.3, -0.25) is 9.78 Å². The second-order valence-corrected chi connectivity index (χ2v) is 5.40. The number of nitrogens with zero attached hydrogens (tertiary/aromatic N) is 2. The Kier molecular flexibility index (Phi) is 5.11. The van der Waals surface area contributed by atoms with Crippen LogP contribution < -0.4 is 10.2 Å². The molecule has 0 saturated carbocycles. The topological polar surface area (TPSA) is 76.7 Å². The SMILES string of the molecule is COc1ccc(-c2ccc(/C=N\NC(=O)c3cccnc3)o2)cc1Cl. The van der Waals surface area contributed by atoms with Crippen molar-refractivity contribution in [3.63, 3.8) is 0 Å². The van der Waals surface area contributed by atoms with Crippen molar-refractivity contribution < 1.29 is 13.9 Å². The molecule has 3 aromatic rings. The molecule has 0 fully saturated rings. The third kappa shape index (κ3) is 4.05. The molecular weight excluding hydrogens is 342 g/mol. The molecule has 0 aliphatic rings. The van der Waals surface area contributed by atoms with Gasteiger partial charge >= 0.3 is 0 Å². The van der Waals surface area contributed by atoms with E-state index >= 15 is 0 Å².